The van der Waals surface area contributed by atoms with Crippen LogP contribution in [0.1, 0.15) is 6.92 Å². The molecule has 0 saturated heterocycles. The maximum Gasteiger partial charge on any atom is 0.0553 e. The number of hydrogen-bond donors (Lipinski definition) is 1. The van der Waals surface area contributed by atoms with E-state index in [1.807, 2.05) is 18.8 Å². The zero-order valence-corrected chi connectivity index (χ0v) is 12.1. The molecule has 0 aromatic heterocycles. The van der Waals surface area contributed by atoms with Crippen molar-refractivity contribution < 1.29 is 0 Å². The molecule has 0 radical (unpaired) electrons. The lowest BCUT2D eigenvalue weighted by Crippen LogP contribution is -2.36. The zero-order chi connectivity index (χ0) is 13.2. The third-order valence-electron chi connectivity index (χ3n) is 3.48. The Kier molecular flexibility index (Phi) is 3.49. The molecule has 1 atom stereocenters. The van der Waals surface area contributed by atoms with Gasteiger partial charge in [0.05, 0.1) is 11.4 Å². The molecular formula is C16H18N2S. The van der Waals surface area contributed by atoms with Gasteiger partial charge in [-0.1, -0.05) is 36.0 Å². The lowest BCUT2D eigenvalue weighted by molar-refractivity contribution is 0.611. The first-order chi connectivity index (χ1) is 9.29. The number of likely N-dealkylation sites (N-methyl/N-ethyl adjacent to an activating group) is 1. The van der Waals surface area contributed by atoms with Gasteiger partial charge in [-0.15, -0.1) is 0 Å². The molecule has 1 aliphatic heterocycles. The number of fused-ring (bicyclic) bond motifs is 2. The molecule has 1 heterocycles. The van der Waals surface area contributed by atoms with Crippen LogP contribution in [0.5, 0.6) is 0 Å². The monoisotopic (exact) mass is 270 g/mol. The van der Waals surface area contributed by atoms with Gasteiger partial charge < -0.3 is 10.2 Å². The molecule has 0 fully saturated rings. The number of nitrogens with zero attached hydrogens (tertiary/aromatic N) is 1. The van der Waals surface area contributed by atoms with Crippen LogP contribution in [-0.2, 0) is 0 Å². The van der Waals surface area contributed by atoms with Gasteiger partial charge in [-0.05, 0) is 38.2 Å². The summed E-state index contributed by atoms with van der Waals surface area (Å²) in [5, 5.41) is 3.33. The molecule has 0 aliphatic carbocycles. The summed E-state index contributed by atoms with van der Waals surface area (Å²) in [6.07, 6.45) is 0. The van der Waals surface area contributed by atoms with Gasteiger partial charge in [0.1, 0.15) is 0 Å². The summed E-state index contributed by atoms with van der Waals surface area (Å²) in [7, 11) is 2.02. The molecule has 19 heavy (non-hydrogen) atoms. The Balaban J connectivity index is 2.06. The molecule has 2 nitrogen and oxygen atoms in total. The molecule has 0 bridgehead atoms. The Morgan fingerprint density at radius 1 is 1.00 bits per heavy atom. The molecule has 0 saturated carbocycles. The van der Waals surface area contributed by atoms with E-state index < -0.39 is 0 Å². The Labute approximate surface area is 118 Å². The summed E-state index contributed by atoms with van der Waals surface area (Å²) in [5.74, 6) is 0. The average molecular weight is 270 g/mol. The highest BCUT2D eigenvalue weighted by atomic mass is 32.2. The summed E-state index contributed by atoms with van der Waals surface area (Å²) in [6.45, 7) is 3.19. The third kappa shape index (κ3) is 2.36. The summed E-state index contributed by atoms with van der Waals surface area (Å²) in [5.41, 5.74) is 2.63. The van der Waals surface area contributed by atoms with Crippen molar-refractivity contribution in [1.29, 1.82) is 0 Å². The molecule has 0 spiro atoms. The van der Waals surface area contributed by atoms with Gasteiger partial charge >= 0.3 is 0 Å². The van der Waals surface area contributed by atoms with Crippen molar-refractivity contribution in [3.05, 3.63) is 48.5 Å². The second kappa shape index (κ2) is 5.27. The van der Waals surface area contributed by atoms with E-state index in [1.165, 1.54) is 21.2 Å². The molecule has 0 unspecified atom stereocenters. The molecule has 2 aromatic carbocycles. The molecule has 1 aliphatic rings. The average Bonchev–Trinajstić information content (AvgIpc) is 2.46. The second-order valence-corrected chi connectivity index (χ2v) is 5.92. The minimum absolute atomic E-state index is 0.448. The van der Waals surface area contributed by atoms with E-state index in [-0.39, 0.29) is 0 Å². The fraction of sp³-hybridized carbons (Fsp3) is 0.250. The highest BCUT2D eigenvalue weighted by Crippen LogP contribution is 2.47. The van der Waals surface area contributed by atoms with Gasteiger partial charge in [0.15, 0.2) is 0 Å². The van der Waals surface area contributed by atoms with Crippen molar-refractivity contribution in [3.63, 3.8) is 0 Å². The van der Waals surface area contributed by atoms with Gasteiger partial charge in [0.2, 0.25) is 0 Å². The highest BCUT2D eigenvalue weighted by Gasteiger charge is 2.23. The van der Waals surface area contributed by atoms with Crippen molar-refractivity contribution in [1.82, 2.24) is 5.32 Å². The second-order valence-electron chi connectivity index (χ2n) is 4.84. The van der Waals surface area contributed by atoms with E-state index in [1.54, 1.807) is 0 Å². The maximum atomic E-state index is 3.33. The van der Waals surface area contributed by atoms with Crippen LogP contribution in [0, 0.1) is 0 Å². The van der Waals surface area contributed by atoms with Gasteiger partial charge in [0, 0.05) is 22.4 Å². The fourth-order valence-electron chi connectivity index (χ4n) is 2.34. The fourth-order valence-corrected chi connectivity index (χ4v) is 3.44. The first kappa shape index (κ1) is 12.6. The van der Waals surface area contributed by atoms with Crippen LogP contribution in [0.3, 0.4) is 0 Å². The minimum atomic E-state index is 0.448. The number of benzene rings is 2. The van der Waals surface area contributed by atoms with Crippen LogP contribution in [0.2, 0.25) is 0 Å². The molecule has 0 amide bonds. The lowest BCUT2D eigenvalue weighted by Gasteiger charge is -2.34. The smallest absolute Gasteiger partial charge is 0.0553 e. The van der Waals surface area contributed by atoms with Crippen molar-refractivity contribution in [2.24, 2.45) is 0 Å². The van der Waals surface area contributed by atoms with Crippen LogP contribution in [0.4, 0.5) is 11.4 Å². The van der Waals surface area contributed by atoms with Crippen molar-refractivity contribution >= 4 is 23.1 Å². The predicted molar refractivity (Wildman–Crippen MR) is 82.5 cm³/mol. The quantitative estimate of drug-likeness (QED) is 0.910. The number of nitrogens with one attached hydrogen (secondary N) is 1. The normalized spacial score (nSPS) is 14.7. The summed E-state index contributed by atoms with van der Waals surface area (Å²) >= 11 is 1.86. The topological polar surface area (TPSA) is 15.3 Å². The molecule has 2 aromatic rings. The van der Waals surface area contributed by atoms with Crippen molar-refractivity contribution in [2.45, 2.75) is 22.8 Å². The maximum absolute atomic E-state index is 3.33. The van der Waals surface area contributed by atoms with E-state index in [9.17, 15) is 0 Å². The number of para-hydroxylation sites is 2. The first-order valence-corrected chi connectivity index (χ1v) is 7.42. The van der Waals surface area contributed by atoms with E-state index >= 15 is 0 Å². The van der Waals surface area contributed by atoms with Crippen LogP contribution in [0.15, 0.2) is 58.3 Å². The Morgan fingerprint density at radius 3 is 2.05 bits per heavy atom. The number of anilines is 2. The van der Waals surface area contributed by atoms with Gasteiger partial charge in [-0.3, -0.25) is 0 Å². The number of hydrogen-bond acceptors (Lipinski definition) is 3. The molecule has 98 valence electrons. The van der Waals surface area contributed by atoms with Crippen LogP contribution < -0.4 is 10.2 Å². The van der Waals surface area contributed by atoms with E-state index in [0.717, 1.165) is 6.54 Å². The molecule has 3 heteroatoms. The van der Waals surface area contributed by atoms with Gasteiger partial charge in [-0.2, -0.15) is 0 Å². The summed E-state index contributed by atoms with van der Waals surface area (Å²) < 4.78 is 0. The highest BCUT2D eigenvalue weighted by molar-refractivity contribution is 7.99. The van der Waals surface area contributed by atoms with Gasteiger partial charge in [-0.25, -0.2) is 0 Å². The van der Waals surface area contributed by atoms with Gasteiger partial charge in [0.25, 0.3) is 0 Å². The first-order valence-electron chi connectivity index (χ1n) is 6.60. The van der Waals surface area contributed by atoms with E-state index in [0.29, 0.717) is 6.04 Å². The summed E-state index contributed by atoms with van der Waals surface area (Å²) in [6, 6.07) is 17.7. The van der Waals surface area contributed by atoms with Crippen LogP contribution in [0.25, 0.3) is 0 Å². The van der Waals surface area contributed by atoms with Crippen molar-refractivity contribution in [2.75, 3.05) is 18.5 Å². The van der Waals surface area contributed by atoms with Crippen molar-refractivity contribution in [3.8, 4) is 0 Å². The lowest BCUT2D eigenvalue weighted by atomic mass is 10.2. The SMILES string of the molecule is CN[C@@H](C)CN1c2ccccc2Sc2ccccc21. The minimum Gasteiger partial charge on any atom is -0.338 e. The standard InChI is InChI=1S/C16H18N2S/c1-12(17-2)11-18-13-7-3-5-9-15(13)19-16-10-6-4-8-14(16)18/h3-10,12,17H,11H2,1-2H3/t12-/m0/s1. The zero-order valence-electron chi connectivity index (χ0n) is 11.3. The van der Waals surface area contributed by atoms with E-state index in [2.05, 4.69) is 65.7 Å². The van der Waals surface area contributed by atoms with Crippen LogP contribution in [-0.4, -0.2) is 19.6 Å². The number of rotatable bonds is 3. The molecule has 1 N–H and O–H groups in total. The van der Waals surface area contributed by atoms with E-state index in [4.69, 9.17) is 0 Å². The molecule has 3 rings (SSSR count). The summed E-state index contributed by atoms with van der Waals surface area (Å²) in [4.78, 5) is 5.09. The third-order valence-corrected chi connectivity index (χ3v) is 4.61. The molecular weight excluding hydrogens is 252 g/mol. The largest absolute Gasteiger partial charge is 0.338 e. The van der Waals surface area contributed by atoms with Crippen LogP contribution >= 0.6 is 11.8 Å². The Morgan fingerprint density at radius 2 is 1.53 bits per heavy atom. The Hall–Kier alpha value is -1.45. The predicted octanol–water partition coefficient (Wildman–Crippen LogP) is 3.90. The Bertz CT molecular complexity index is 537.